The average molecular weight is 220 g/mol. The van der Waals surface area contributed by atoms with E-state index in [9.17, 15) is 13.2 Å². The van der Waals surface area contributed by atoms with Gasteiger partial charge in [0, 0.05) is 13.0 Å². The lowest BCUT2D eigenvalue weighted by Gasteiger charge is -2.26. The SMILES string of the molecule is CCC1NCCc2nnc(C(F)(F)F)n21. The molecule has 84 valence electrons. The molecule has 1 aromatic rings. The first-order chi connectivity index (χ1) is 7.04. The predicted octanol–water partition coefficient (Wildman–Crippen LogP) is 1.35. The lowest BCUT2D eigenvalue weighted by Crippen LogP contribution is -2.36. The highest BCUT2D eigenvalue weighted by atomic mass is 19.4. The van der Waals surface area contributed by atoms with E-state index in [0.29, 0.717) is 25.2 Å². The third-order valence-electron chi connectivity index (χ3n) is 2.45. The summed E-state index contributed by atoms with van der Waals surface area (Å²) in [4.78, 5) is 0. The fourth-order valence-corrected chi connectivity index (χ4v) is 1.78. The molecule has 0 aliphatic carbocycles. The van der Waals surface area contributed by atoms with Crippen LogP contribution in [0.3, 0.4) is 0 Å². The van der Waals surface area contributed by atoms with Gasteiger partial charge >= 0.3 is 6.18 Å². The highest BCUT2D eigenvalue weighted by Crippen LogP contribution is 2.31. The second kappa shape index (κ2) is 3.48. The summed E-state index contributed by atoms with van der Waals surface area (Å²) in [5.74, 6) is -0.496. The fraction of sp³-hybridized carbons (Fsp3) is 0.750. The zero-order chi connectivity index (χ0) is 11.1. The van der Waals surface area contributed by atoms with Gasteiger partial charge in [-0.1, -0.05) is 6.92 Å². The van der Waals surface area contributed by atoms with Crippen molar-refractivity contribution >= 4 is 0 Å². The molecule has 1 unspecified atom stereocenters. The molecular weight excluding hydrogens is 209 g/mol. The van der Waals surface area contributed by atoms with Crippen LogP contribution >= 0.6 is 0 Å². The van der Waals surface area contributed by atoms with Crippen LogP contribution in [0.2, 0.25) is 0 Å². The standard InChI is InChI=1S/C8H11F3N4/c1-2-5-12-4-3-6-13-14-7(15(5)6)8(9,10)11/h5,12H,2-4H2,1H3. The highest BCUT2D eigenvalue weighted by Gasteiger charge is 2.40. The van der Waals surface area contributed by atoms with Crippen LogP contribution in [0.15, 0.2) is 0 Å². The third-order valence-corrected chi connectivity index (χ3v) is 2.45. The Morgan fingerprint density at radius 3 is 2.80 bits per heavy atom. The molecule has 1 aliphatic heterocycles. The maximum Gasteiger partial charge on any atom is 0.451 e. The number of nitrogens with one attached hydrogen (secondary N) is 1. The molecule has 0 amide bonds. The summed E-state index contributed by atoms with van der Waals surface area (Å²) in [6.45, 7) is 2.47. The van der Waals surface area contributed by atoms with Crippen molar-refractivity contribution in [2.24, 2.45) is 0 Å². The number of halogens is 3. The van der Waals surface area contributed by atoms with Crippen LogP contribution in [-0.4, -0.2) is 21.3 Å². The number of alkyl halides is 3. The molecular formula is C8H11F3N4. The van der Waals surface area contributed by atoms with Crippen molar-refractivity contribution in [3.05, 3.63) is 11.6 Å². The van der Waals surface area contributed by atoms with Gasteiger partial charge in [0.1, 0.15) is 5.82 Å². The van der Waals surface area contributed by atoms with Gasteiger partial charge in [-0.25, -0.2) is 0 Å². The number of fused-ring (bicyclic) bond motifs is 1. The zero-order valence-corrected chi connectivity index (χ0v) is 8.17. The van der Waals surface area contributed by atoms with Gasteiger partial charge < -0.3 is 0 Å². The summed E-state index contributed by atoms with van der Waals surface area (Å²) in [6.07, 6.45) is -3.72. The van der Waals surface area contributed by atoms with E-state index in [1.54, 1.807) is 0 Å². The van der Waals surface area contributed by atoms with Gasteiger partial charge in [0.05, 0.1) is 6.17 Å². The van der Waals surface area contributed by atoms with Crippen molar-refractivity contribution in [2.45, 2.75) is 32.1 Å². The Bertz CT molecular complexity index is 357. The van der Waals surface area contributed by atoms with Crippen LogP contribution in [0.5, 0.6) is 0 Å². The second-order valence-electron chi connectivity index (χ2n) is 3.44. The quantitative estimate of drug-likeness (QED) is 0.776. The fourth-order valence-electron chi connectivity index (χ4n) is 1.78. The van der Waals surface area contributed by atoms with Gasteiger partial charge in [-0.2, -0.15) is 13.2 Å². The van der Waals surface area contributed by atoms with Crippen molar-refractivity contribution in [1.29, 1.82) is 0 Å². The first-order valence-electron chi connectivity index (χ1n) is 4.78. The lowest BCUT2D eigenvalue weighted by atomic mass is 10.2. The van der Waals surface area contributed by atoms with E-state index in [1.165, 1.54) is 0 Å². The Kier molecular flexibility index (Phi) is 2.41. The molecule has 0 bridgehead atoms. The first-order valence-corrected chi connectivity index (χ1v) is 4.78. The molecule has 7 heteroatoms. The van der Waals surface area contributed by atoms with Gasteiger partial charge in [0.25, 0.3) is 0 Å². The number of hydrogen-bond acceptors (Lipinski definition) is 3. The van der Waals surface area contributed by atoms with Crippen LogP contribution in [-0.2, 0) is 12.6 Å². The van der Waals surface area contributed by atoms with Crippen LogP contribution in [0.4, 0.5) is 13.2 Å². The molecule has 0 fully saturated rings. The first kappa shape index (κ1) is 10.4. The van der Waals surface area contributed by atoms with Crippen molar-refractivity contribution in [1.82, 2.24) is 20.1 Å². The largest absolute Gasteiger partial charge is 0.451 e. The van der Waals surface area contributed by atoms with E-state index in [0.717, 1.165) is 4.57 Å². The van der Waals surface area contributed by atoms with Gasteiger partial charge in [0.2, 0.25) is 5.82 Å². The minimum Gasteiger partial charge on any atom is -0.296 e. The Balaban J connectivity index is 2.47. The molecule has 4 nitrogen and oxygen atoms in total. The van der Waals surface area contributed by atoms with Gasteiger partial charge in [-0.3, -0.25) is 9.88 Å². The van der Waals surface area contributed by atoms with E-state index in [1.807, 2.05) is 6.92 Å². The van der Waals surface area contributed by atoms with Crippen LogP contribution in [0.25, 0.3) is 0 Å². The zero-order valence-electron chi connectivity index (χ0n) is 8.17. The lowest BCUT2D eigenvalue weighted by molar-refractivity contribution is -0.148. The van der Waals surface area contributed by atoms with Crippen LogP contribution in [0, 0.1) is 0 Å². The topological polar surface area (TPSA) is 42.7 Å². The maximum absolute atomic E-state index is 12.6. The normalized spacial score (nSPS) is 21.5. The van der Waals surface area contributed by atoms with Crippen molar-refractivity contribution in [3.63, 3.8) is 0 Å². The molecule has 2 rings (SSSR count). The molecule has 0 saturated heterocycles. The number of nitrogens with zero attached hydrogens (tertiary/aromatic N) is 3. The molecule has 2 heterocycles. The molecule has 0 spiro atoms. The summed E-state index contributed by atoms with van der Waals surface area (Å²) in [7, 11) is 0. The average Bonchev–Trinajstić information content (AvgIpc) is 2.59. The second-order valence-corrected chi connectivity index (χ2v) is 3.44. The molecule has 1 aromatic heterocycles. The minimum atomic E-state index is -4.43. The Morgan fingerprint density at radius 2 is 2.20 bits per heavy atom. The van der Waals surface area contributed by atoms with E-state index in [4.69, 9.17) is 0 Å². The molecule has 0 saturated carbocycles. The maximum atomic E-state index is 12.6. The van der Waals surface area contributed by atoms with Crippen molar-refractivity contribution in [3.8, 4) is 0 Å². The Hall–Kier alpha value is -1.11. The van der Waals surface area contributed by atoms with Crippen molar-refractivity contribution in [2.75, 3.05) is 6.54 Å². The van der Waals surface area contributed by atoms with E-state index >= 15 is 0 Å². The molecule has 1 atom stereocenters. The van der Waals surface area contributed by atoms with Gasteiger partial charge in [-0.05, 0) is 6.42 Å². The summed E-state index contributed by atoms with van der Waals surface area (Å²) in [6, 6.07) is 0. The molecule has 0 aromatic carbocycles. The van der Waals surface area contributed by atoms with Crippen molar-refractivity contribution < 1.29 is 13.2 Å². The smallest absolute Gasteiger partial charge is 0.296 e. The summed E-state index contributed by atoms with van der Waals surface area (Å²) in [5, 5.41) is 9.80. The third kappa shape index (κ3) is 1.71. The van der Waals surface area contributed by atoms with E-state index < -0.39 is 12.0 Å². The van der Waals surface area contributed by atoms with E-state index in [-0.39, 0.29) is 6.17 Å². The van der Waals surface area contributed by atoms with Gasteiger partial charge in [0.15, 0.2) is 0 Å². The molecule has 1 aliphatic rings. The Labute approximate surface area is 84.5 Å². The number of aromatic nitrogens is 3. The number of hydrogen-bond donors (Lipinski definition) is 1. The van der Waals surface area contributed by atoms with Crippen LogP contribution in [0.1, 0.15) is 31.2 Å². The summed E-state index contributed by atoms with van der Waals surface area (Å²) in [5.41, 5.74) is 0. The minimum absolute atomic E-state index is 0.347. The van der Waals surface area contributed by atoms with E-state index in [2.05, 4.69) is 15.5 Å². The Morgan fingerprint density at radius 1 is 1.47 bits per heavy atom. The predicted molar refractivity (Wildman–Crippen MR) is 46.1 cm³/mol. The molecule has 0 radical (unpaired) electrons. The summed E-state index contributed by atoms with van der Waals surface area (Å²) < 4.78 is 38.9. The molecule has 15 heavy (non-hydrogen) atoms. The monoisotopic (exact) mass is 220 g/mol. The highest BCUT2D eigenvalue weighted by molar-refractivity contribution is 5.04. The summed E-state index contributed by atoms with van der Waals surface area (Å²) >= 11 is 0. The molecule has 1 N–H and O–H groups in total. The van der Waals surface area contributed by atoms with Gasteiger partial charge in [-0.15, -0.1) is 10.2 Å². The number of rotatable bonds is 1. The van der Waals surface area contributed by atoms with Crippen LogP contribution < -0.4 is 5.32 Å².